The Bertz CT molecular complexity index is 801. The molecule has 2 aromatic carbocycles. The molecule has 0 saturated heterocycles. The highest BCUT2D eigenvalue weighted by atomic mass is 16.5. The minimum absolute atomic E-state index is 0.909. The van der Waals surface area contributed by atoms with Gasteiger partial charge in [-0.2, -0.15) is 0 Å². The van der Waals surface area contributed by atoms with Gasteiger partial charge in [-0.15, -0.1) is 0 Å². The molecule has 0 saturated carbocycles. The number of benzene rings is 2. The van der Waals surface area contributed by atoms with E-state index in [-0.39, 0.29) is 0 Å². The fourth-order valence-corrected chi connectivity index (χ4v) is 2.84. The summed E-state index contributed by atoms with van der Waals surface area (Å²) < 4.78 is 5.50. The first-order chi connectivity index (χ1) is 10.1. The lowest BCUT2D eigenvalue weighted by Crippen LogP contribution is -1.92. The SMILES string of the molecule is COc1c(C)ccc2nc(-c3cc(C)cc(C)c3)ccc12. The standard InChI is InChI=1S/C19H19NO/c1-12-9-13(2)11-15(10-12)17-8-6-16-18(20-17)7-5-14(3)19(16)21-4/h5-11H,1-4H3. The zero-order valence-electron chi connectivity index (χ0n) is 12.9. The number of nitrogens with zero attached hydrogens (tertiary/aromatic N) is 1. The van der Waals surface area contributed by atoms with Crippen molar-refractivity contribution < 1.29 is 4.74 Å². The Labute approximate surface area is 125 Å². The van der Waals surface area contributed by atoms with E-state index in [0.29, 0.717) is 0 Å². The number of methoxy groups -OCH3 is 1. The second kappa shape index (κ2) is 5.21. The van der Waals surface area contributed by atoms with Crippen molar-refractivity contribution in [3.05, 3.63) is 59.2 Å². The molecule has 0 aliphatic rings. The van der Waals surface area contributed by atoms with E-state index >= 15 is 0 Å². The molecule has 0 bridgehead atoms. The molecule has 3 rings (SSSR count). The van der Waals surface area contributed by atoms with Crippen LogP contribution in [0.4, 0.5) is 0 Å². The third kappa shape index (κ3) is 2.49. The van der Waals surface area contributed by atoms with Crippen molar-refractivity contribution in [1.82, 2.24) is 4.98 Å². The van der Waals surface area contributed by atoms with Gasteiger partial charge in [-0.1, -0.05) is 23.3 Å². The summed E-state index contributed by atoms with van der Waals surface area (Å²) in [6.45, 7) is 6.28. The zero-order valence-corrected chi connectivity index (χ0v) is 12.9. The number of aryl methyl sites for hydroxylation is 3. The Kier molecular flexibility index (Phi) is 3.38. The number of pyridine rings is 1. The summed E-state index contributed by atoms with van der Waals surface area (Å²) in [4.78, 5) is 4.80. The van der Waals surface area contributed by atoms with Crippen LogP contribution in [0.5, 0.6) is 5.75 Å². The Hall–Kier alpha value is -2.35. The highest BCUT2D eigenvalue weighted by Crippen LogP contribution is 2.30. The lowest BCUT2D eigenvalue weighted by molar-refractivity contribution is 0.416. The van der Waals surface area contributed by atoms with Gasteiger partial charge in [0.2, 0.25) is 0 Å². The molecule has 0 unspecified atom stereocenters. The molecular formula is C19H19NO. The first-order valence-corrected chi connectivity index (χ1v) is 7.11. The van der Waals surface area contributed by atoms with Crippen molar-refractivity contribution in [2.75, 3.05) is 7.11 Å². The van der Waals surface area contributed by atoms with Gasteiger partial charge in [0.05, 0.1) is 18.3 Å². The Morgan fingerprint density at radius 2 is 1.57 bits per heavy atom. The predicted octanol–water partition coefficient (Wildman–Crippen LogP) is 4.84. The van der Waals surface area contributed by atoms with Gasteiger partial charge in [0.15, 0.2) is 0 Å². The lowest BCUT2D eigenvalue weighted by atomic mass is 10.0. The fraction of sp³-hybridized carbons (Fsp3) is 0.211. The van der Waals surface area contributed by atoms with Crippen LogP contribution in [0.1, 0.15) is 16.7 Å². The molecule has 1 aromatic heterocycles. The molecule has 0 radical (unpaired) electrons. The van der Waals surface area contributed by atoms with Crippen molar-refractivity contribution >= 4 is 10.9 Å². The number of ether oxygens (including phenoxy) is 1. The largest absolute Gasteiger partial charge is 0.496 e. The zero-order chi connectivity index (χ0) is 15.0. The molecule has 0 amide bonds. The first kappa shape index (κ1) is 13.6. The van der Waals surface area contributed by atoms with Crippen molar-refractivity contribution in [1.29, 1.82) is 0 Å². The van der Waals surface area contributed by atoms with Gasteiger partial charge < -0.3 is 4.74 Å². The van der Waals surface area contributed by atoms with E-state index in [4.69, 9.17) is 9.72 Å². The summed E-state index contributed by atoms with van der Waals surface area (Å²) in [7, 11) is 1.71. The average Bonchev–Trinajstić information content (AvgIpc) is 2.45. The monoisotopic (exact) mass is 277 g/mol. The summed E-state index contributed by atoms with van der Waals surface area (Å²) in [5.41, 5.74) is 6.77. The van der Waals surface area contributed by atoms with Crippen LogP contribution in [0.3, 0.4) is 0 Å². The molecule has 0 N–H and O–H groups in total. The smallest absolute Gasteiger partial charge is 0.131 e. The Morgan fingerprint density at radius 3 is 2.24 bits per heavy atom. The van der Waals surface area contributed by atoms with E-state index in [9.17, 15) is 0 Å². The van der Waals surface area contributed by atoms with Gasteiger partial charge >= 0.3 is 0 Å². The van der Waals surface area contributed by atoms with Crippen LogP contribution in [0.25, 0.3) is 22.2 Å². The molecule has 3 aromatic rings. The number of rotatable bonds is 2. The minimum Gasteiger partial charge on any atom is -0.496 e. The maximum absolute atomic E-state index is 5.50. The molecule has 106 valence electrons. The van der Waals surface area contributed by atoms with Crippen LogP contribution < -0.4 is 4.74 Å². The highest BCUT2D eigenvalue weighted by Gasteiger charge is 2.08. The van der Waals surface area contributed by atoms with Crippen molar-refractivity contribution in [2.45, 2.75) is 20.8 Å². The molecule has 0 atom stereocenters. The van der Waals surface area contributed by atoms with Gasteiger partial charge in [0.25, 0.3) is 0 Å². The third-order valence-corrected chi connectivity index (χ3v) is 3.74. The summed E-state index contributed by atoms with van der Waals surface area (Å²) in [6, 6.07) is 14.8. The lowest BCUT2D eigenvalue weighted by Gasteiger charge is -2.10. The quantitative estimate of drug-likeness (QED) is 0.669. The first-order valence-electron chi connectivity index (χ1n) is 7.11. The number of hydrogen-bond donors (Lipinski definition) is 0. The van der Waals surface area contributed by atoms with Gasteiger partial charge in [-0.3, -0.25) is 0 Å². The molecule has 21 heavy (non-hydrogen) atoms. The molecule has 0 fully saturated rings. The third-order valence-electron chi connectivity index (χ3n) is 3.74. The molecule has 1 heterocycles. The topological polar surface area (TPSA) is 22.1 Å². The van der Waals surface area contributed by atoms with Crippen LogP contribution in [-0.4, -0.2) is 12.1 Å². The van der Waals surface area contributed by atoms with Gasteiger partial charge in [-0.25, -0.2) is 4.98 Å². The maximum atomic E-state index is 5.50. The Balaban J connectivity index is 2.20. The van der Waals surface area contributed by atoms with Crippen molar-refractivity contribution in [3.63, 3.8) is 0 Å². The van der Waals surface area contributed by atoms with Gasteiger partial charge in [0.1, 0.15) is 5.75 Å². The van der Waals surface area contributed by atoms with E-state index < -0.39 is 0 Å². The van der Waals surface area contributed by atoms with E-state index in [1.165, 1.54) is 11.1 Å². The molecular weight excluding hydrogens is 258 g/mol. The Morgan fingerprint density at radius 1 is 0.857 bits per heavy atom. The second-order valence-electron chi connectivity index (χ2n) is 5.56. The summed E-state index contributed by atoms with van der Waals surface area (Å²) in [5.74, 6) is 0.909. The second-order valence-corrected chi connectivity index (χ2v) is 5.56. The van der Waals surface area contributed by atoms with E-state index in [0.717, 1.165) is 33.5 Å². The van der Waals surface area contributed by atoms with Crippen LogP contribution in [0.2, 0.25) is 0 Å². The van der Waals surface area contributed by atoms with Crippen LogP contribution in [-0.2, 0) is 0 Å². The molecule has 0 spiro atoms. The van der Waals surface area contributed by atoms with Crippen LogP contribution in [0, 0.1) is 20.8 Å². The number of aromatic nitrogens is 1. The normalized spacial score (nSPS) is 10.9. The van der Waals surface area contributed by atoms with Gasteiger partial charge in [-0.05, 0) is 56.7 Å². The predicted molar refractivity (Wildman–Crippen MR) is 87.9 cm³/mol. The maximum Gasteiger partial charge on any atom is 0.131 e. The fourth-order valence-electron chi connectivity index (χ4n) is 2.84. The number of fused-ring (bicyclic) bond motifs is 1. The van der Waals surface area contributed by atoms with E-state index in [1.807, 2.05) is 0 Å². The van der Waals surface area contributed by atoms with Crippen molar-refractivity contribution in [3.8, 4) is 17.0 Å². The van der Waals surface area contributed by atoms with Crippen LogP contribution in [0.15, 0.2) is 42.5 Å². The van der Waals surface area contributed by atoms with E-state index in [1.54, 1.807) is 7.11 Å². The van der Waals surface area contributed by atoms with Gasteiger partial charge in [0, 0.05) is 10.9 Å². The minimum atomic E-state index is 0.909. The number of hydrogen-bond acceptors (Lipinski definition) is 2. The summed E-state index contributed by atoms with van der Waals surface area (Å²) in [5, 5.41) is 1.06. The van der Waals surface area contributed by atoms with Crippen LogP contribution >= 0.6 is 0 Å². The average molecular weight is 277 g/mol. The molecule has 2 heteroatoms. The highest BCUT2D eigenvalue weighted by molar-refractivity contribution is 5.88. The summed E-state index contributed by atoms with van der Waals surface area (Å²) in [6.07, 6.45) is 0. The van der Waals surface area contributed by atoms with E-state index in [2.05, 4.69) is 63.2 Å². The molecule has 2 nitrogen and oxygen atoms in total. The summed E-state index contributed by atoms with van der Waals surface area (Å²) >= 11 is 0. The molecule has 0 aliphatic carbocycles. The van der Waals surface area contributed by atoms with Crippen molar-refractivity contribution in [2.24, 2.45) is 0 Å². The molecule has 0 aliphatic heterocycles.